The van der Waals surface area contributed by atoms with Crippen molar-refractivity contribution in [3.05, 3.63) is 23.8 Å². The van der Waals surface area contributed by atoms with Gasteiger partial charge in [0.05, 0.1) is 0 Å². The molecule has 0 aliphatic carbocycles. The predicted molar refractivity (Wildman–Crippen MR) is 71.0 cm³/mol. The number of alkyl halides is 3. The van der Waals surface area contributed by atoms with Crippen LogP contribution in [0.25, 0.3) is 0 Å². The lowest BCUT2D eigenvalue weighted by Gasteiger charge is -2.23. The number of rotatable bonds is 5. The Balaban J connectivity index is 3.12. The minimum atomic E-state index is -4.91. The smallest absolute Gasteiger partial charge is 0.279 e. The summed E-state index contributed by atoms with van der Waals surface area (Å²) < 4.78 is 74.3. The van der Waals surface area contributed by atoms with Crippen molar-refractivity contribution in [2.24, 2.45) is 0 Å². The summed E-state index contributed by atoms with van der Waals surface area (Å²) in [6.07, 6.45) is -3.01. The van der Waals surface area contributed by atoms with Crippen molar-refractivity contribution in [1.82, 2.24) is 4.98 Å². The quantitative estimate of drug-likeness (QED) is 0.667. The number of hydrogen-bond acceptors (Lipinski definition) is 3. The SMILES string of the molecule is CCC(C)(C)c1cnc(F)c(NS(=O)(=O)CC(F)(F)F)c1. The van der Waals surface area contributed by atoms with Crippen molar-refractivity contribution in [1.29, 1.82) is 0 Å². The molecule has 0 atom stereocenters. The molecule has 0 aliphatic heterocycles. The highest BCUT2D eigenvalue weighted by atomic mass is 32.2. The minimum absolute atomic E-state index is 0.412. The van der Waals surface area contributed by atoms with Crippen molar-refractivity contribution in [2.45, 2.75) is 38.8 Å². The van der Waals surface area contributed by atoms with Crippen LogP contribution in [-0.2, 0) is 15.4 Å². The van der Waals surface area contributed by atoms with Gasteiger partial charge >= 0.3 is 6.18 Å². The first-order valence-electron chi connectivity index (χ1n) is 6.09. The van der Waals surface area contributed by atoms with Gasteiger partial charge in [-0.3, -0.25) is 4.72 Å². The molecule has 0 aliphatic rings. The average Bonchev–Trinajstić information content (AvgIpc) is 2.28. The van der Waals surface area contributed by atoms with Crippen LogP contribution in [0.15, 0.2) is 12.3 Å². The fraction of sp³-hybridized carbons (Fsp3) is 0.583. The first-order valence-corrected chi connectivity index (χ1v) is 7.75. The lowest BCUT2D eigenvalue weighted by molar-refractivity contribution is -0.106. The van der Waals surface area contributed by atoms with Crippen LogP contribution >= 0.6 is 0 Å². The van der Waals surface area contributed by atoms with Crippen molar-refractivity contribution >= 4 is 15.7 Å². The Hall–Kier alpha value is -1.38. The third-order valence-electron chi connectivity index (χ3n) is 3.12. The Morgan fingerprint density at radius 2 is 1.86 bits per heavy atom. The van der Waals surface area contributed by atoms with Gasteiger partial charge in [-0.05, 0) is 23.5 Å². The van der Waals surface area contributed by atoms with Gasteiger partial charge in [0.1, 0.15) is 5.69 Å². The fourth-order valence-corrected chi connectivity index (χ4v) is 2.49. The first-order chi connectivity index (χ1) is 9.36. The summed E-state index contributed by atoms with van der Waals surface area (Å²) in [6, 6.07) is 1.17. The maximum atomic E-state index is 13.5. The van der Waals surface area contributed by atoms with Crippen LogP contribution in [0.5, 0.6) is 0 Å². The van der Waals surface area contributed by atoms with Gasteiger partial charge < -0.3 is 0 Å². The van der Waals surface area contributed by atoms with E-state index in [1.54, 1.807) is 4.72 Å². The maximum Gasteiger partial charge on any atom is 0.404 e. The highest BCUT2D eigenvalue weighted by molar-refractivity contribution is 7.92. The molecule has 4 nitrogen and oxygen atoms in total. The third kappa shape index (κ3) is 5.14. The van der Waals surface area contributed by atoms with E-state index in [2.05, 4.69) is 4.98 Å². The van der Waals surface area contributed by atoms with Crippen molar-refractivity contribution in [2.75, 3.05) is 10.5 Å². The normalized spacial score (nSPS) is 13.3. The number of anilines is 1. The molecule has 1 heterocycles. The first kappa shape index (κ1) is 17.7. The molecule has 1 rings (SSSR count). The molecular formula is C12H16F4N2O2S. The monoisotopic (exact) mass is 328 g/mol. The van der Waals surface area contributed by atoms with Gasteiger partial charge in [-0.1, -0.05) is 20.8 Å². The number of pyridine rings is 1. The predicted octanol–water partition coefficient (Wildman–Crippen LogP) is 3.21. The number of nitrogens with one attached hydrogen (secondary N) is 1. The molecule has 0 saturated carbocycles. The van der Waals surface area contributed by atoms with Crippen LogP contribution in [0.4, 0.5) is 23.2 Å². The molecule has 1 N–H and O–H groups in total. The molecule has 0 spiro atoms. The standard InChI is InChI=1S/C12H16F4N2O2S/c1-4-11(2,3)8-5-9(10(13)17-6-8)18-21(19,20)7-12(14,15)16/h5-6,18H,4,7H2,1-3H3. The molecule has 0 saturated heterocycles. The van der Waals surface area contributed by atoms with E-state index in [0.717, 1.165) is 0 Å². The summed E-state index contributed by atoms with van der Waals surface area (Å²) in [5, 5.41) is 0. The van der Waals surface area contributed by atoms with Crippen LogP contribution in [0.2, 0.25) is 0 Å². The average molecular weight is 328 g/mol. The Morgan fingerprint density at radius 3 is 2.33 bits per heavy atom. The van der Waals surface area contributed by atoms with Gasteiger partial charge in [0.15, 0.2) is 5.75 Å². The molecule has 1 aromatic rings. The lowest BCUT2D eigenvalue weighted by atomic mass is 9.83. The van der Waals surface area contributed by atoms with Crippen molar-refractivity contribution in [3.8, 4) is 0 Å². The number of halogens is 4. The van der Waals surface area contributed by atoms with E-state index in [9.17, 15) is 26.0 Å². The van der Waals surface area contributed by atoms with Crippen LogP contribution in [0.3, 0.4) is 0 Å². The molecule has 1 aromatic heterocycles. The number of sulfonamides is 1. The Bertz CT molecular complexity index is 612. The second-order valence-electron chi connectivity index (χ2n) is 5.28. The van der Waals surface area contributed by atoms with E-state index in [0.29, 0.717) is 12.0 Å². The zero-order chi connectivity index (χ0) is 16.5. The summed E-state index contributed by atoms with van der Waals surface area (Å²) in [4.78, 5) is 3.40. The van der Waals surface area contributed by atoms with Gasteiger partial charge in [-0.2, -0.15) is 17.6 Å². The Kier molecular flexibility index (Phi) is 4.87. The molecule has 0 unspecified atom stereocenters. The summed E-state index contributed by atoms with van der Waals surface area (Å²) in [5.41, 5.74) is -0.473. The molecule has 120 valence electrons. The minimum Gasteiger partial charge on any atom is -0.279 e. The number of hydrogen-bond donors (Lipinski definition) is 1. The van der Waals surface area contributed by atoms with E-state index in [1.165, 1.54) is 12.3 Å². The second-order valence-corrected chi connectivity index (χ2v) is 7.00. The number of nitrogens with zero attached hydrogens (tertiary/aromatic N) is 1. The largest absolute Gasteiger partial charge is 0.404 e. The Morgan fingerprint density at radius 1 is 1.29 bits per heavy atom. The zero-order valence-electron chi connectivity index (χ0n) is 11.8. The van der Waals surface area contributed by atoms with Crippen molar-refractivity contribution in [3.63, 3.8) is 0 Å². The molecular weight excluding hydrogens is 312 g/mol. The summed E-state index contributed by atoms with van der Waals surface area (Å²) in [6.45, 7) is 5.53. The fourth-order valence-electron chi connectivity index (χ4n) is 1.51. The Labute approximate surface area is 120 Å². The van der Waals surface area contributed by atoms with Gasteiger partial charge in [0.2, 0.25) is 16.0 Å². The summed E-state index contributed by atoms with van der Waals surface area (Å²) in [7, 11) is -4.74. The van der Waals surface area contributed by atoms with Crippen LogP contribution < -0.4 is 4.72 Å². The molecule has 21 heavy (non-hydrogen) atoms. The molecule has 0 radical (unpaired) electrons. The van der Waals surface area contributed by atoms with E-state index in [-0.39, 0.29) is 0 Å². The summed E-state index contributed by atoms with van der Waals surface area (Å²) >= 11 is 0. The molecule has 0 fully saturated rings. The van der Waals surface area contributed by atoms with Crippen LogP contribution in [-0.4, -0.2) is 25.3 Å². The molecule has 0 bridgehead atoms. The molecule has 9 heteroatoms. The van der Waals surface area contributed by atoms with Gasteiger partial charge in [0, 0.05) is 6.20 Å². The van der Waals surface area contributed by atoms with E-state index in [1.807, 2.05) is 20.8 Å². The van der Waals surface area contributed by atoms with Crippen molar-refractivity contribution < 1.29 is 26.0 Å². The van der Waals surface area contributed by atoms with E-state index >= 15 is 0 Å². The highest BCUT2D eigenvalue weighted by Crippen LogP contribution is 2.29. The van der Waals surface area contributed by atoms with E-state index < -0.39 is 39.0 Å². The van der Waals surface area contributed by atoms with Gasteiger partial charge in [0.25, 0.3) is 0 Å². The second kappa shape index (κ2) is 5.78. The van der Waals surface area contributed by atoms with Crippen LogP contribution in [0, 0.1) is 5.95 Å². The topological polar surface area (TPSA) is 59.1 Å². The third-order valence-corrected chi connectivity index (χ3v) is 4.36. The molecule has 0 aromatic carbocycles. The zero-order valence-corrected chi connectivity index (χ0v) is 12.6. The van der Waals surface area contributed by atoms with Crippen LogP contribution in [0.1, 0.15) is 32.8 Å². The lowest BCUT2D eigenvalue weighted by Crippen LogP contribution is -2.28. The van der Waals surface area contributed by atoms with E-state index in [4.69, 9.17) is 0 Å². The maximum absolute atomic E-state index is 13.5. The number of aromatic nitrogens is 1. The molecule has 0 amide bonds. The summed E-state index contributed by atoms with van der Waals surface area (Å²) in [5.74, 6) is -3.25. The highest BCUT2D eigenvalue weighted by Gasteiger charge is 2.35. The van der Waals surface area contributed by atoms with Gasteiger partial charge in [-0.25, -0.2) is 13.4 Å². The van der Waals surface area contributed by atoms with Gasteiger partial charge in [-0.15, -0.1) is 0 Å².